The standard InChI is InChI=1S/C46H28/c1-3-13-34-29(11-1)21-22-31-24-26-32(27-42(31)34)45-38-17-7-9-19-40(38)46(41-20-10-8-18-39(41)45)43-28-33-25-23-30-12-2-4-14-35(30)44(33)37-16-6-5-15-36(37)43/h1-28H. The van der Waals surface area contributed by atoms with Crippen molar-refractivity contribution < 1.29 is 0 Å². The summed E-state index contributed by atoms with van der Waals surface area (Å²) in [6.07, 6.45) is 0. The Labute approximate surface area is 266 Å². The minimum absolute atomic E-state index is 1.25. The average molecular weight is 581 g/mol. The van der Waals surface area contributed by atoms with Gasteiger partial charge in [-0.3, -0.25) is 0 Å². The molecule has 0 aliphatic rings. The van der Waals surface area contributed by atoms with Gasteiger partial charge in [-0.15, -0.1) is 0 Å². The number of fused-ring (bicyclic) bond motifs is 10. The van der Waals surface area contributed by atoms with E-state index in [0.29, 0.717) is 0 Å². The summed E-state index contributed by atoms with van der Waals surface area (Å²) in [6, 6.07) is 62.9. The molecule has 0 spiro atoms. The lowest BCUT2D eigenvalue weighted by Gasteiger charge is -2.20. The lowest BCUT2D eigenvalue weighted by molar-refractivity contribution is 1.69. The SMILES string of the molecule is c1ccc2c(c1)ccc1ccc(-c3c4ccccc4c(-c4cc5ccc6ccccc6c5c5ccccc45)c4ccccc34)cc12. The molecule has 10 aromatic rings. The summed E-state index contributed by atoms with van der Waals surface area (Å²) >= 11 is 0. The lowest BCUT2D eigenvalue weighted by atomic mass is 9.83. The van der Waals surface area contributed by atoms with Crippen LogP contribution < -0.4 is 0 Å². The van der Waals surface area contributed by atoms with Crippen molar-refractivity contribution in [2.24, 2.45) is 0 Å². The van der Waals surface area contributed by atoms with E-state index in [4.69, 9.17) is 0 Å². The van der Waals surface area contributed by atoms with Gasteiger partial charge in [-0.05, 0) is 110 Å². The van der Waals surface area contributed by atoms with Crippen molar-refractivity contribution in [1.29, 1.82) is 0 Å². The molecule has 0 radical (unpaired) electrons. The van der Waals surface area contributed by atoms with Crippen LogP contribution in [0.2, 0.25) is 0 Å². The summed E-state index contributed by atoms with van der Waals surface area (Å²) in [5, 5.41) is 18.0. The zero-order chi connectivity index (χ0) is 30.2. The monoisotopic (exact) mass is 580 g/mol. The maximum atomic E-state index is 2.43. The third-order valence-corrected chi connectivity index (χ3v) is 9.98. The summed E-state index contributed by atoms with van der Waals surface area (Å²) in [5.41, 5.74) is 5.12. The van der Waals surface area contributed by atoms with Crippen LogP contribution in [0.3, 0.4) is 0 Å². The molecule has 0 saturated carbocycles. The Morgan fingerprint density at radius 2 is 0.674 bits per heavy atom. The van der Waals surface area contributed by atoms with E-state index < -0.39 is 0 Å². The van der Waals surface area contributed by atoms with E-state index in [-0.39, 0.29) is 0 Å². The third-order valence-electron chi connectivity index (χ3n) is 9.98. The highest BCUT2D eigenvalue weighted by Gasteiger charge is 2.19. The van der Waals surface area contributed by atoms with Crippen molar-refractivity contribution >= 4 is 75.4 Å². The van der Waals surface area contributed by atoms with Crippen molar-refractivity contribution in [2.75, 3.05) is 0 Å². The molecule has 0 heterocycles. The van der Waals surface area contributed by atoms with Crippen LogP contribution in [0.1, 0.15) is 0 Å². The minimum Gasteiger partial charge on any atom is -0.0616 e. The van der Waals surface area contributed by atoms with E-state index in [1.165, 1.54) is 97.7 Å². The first-order chi connectivity index (χ1) is 22.8. The van der Waals surface area contributed by atoms with Gasteiger partial charge in [0.15, 0.2) is 0 Å². The predicted octanol–water partition coefficient (Wildman–Crippen LogP) is 13.1. The first kappa shape index (κ1) is 25.4. The van der Waals surface area contributed by atoms with Gasteiger partial charge < -0.3 is 0 Å². The second kappa shape index (κ2) is 9.76. The number of rotatable bonds is 2. The quantitative estimate of drug-likeness (QED) is 0.141. The van der Waals surface area contributed by atoms with Crippen LogP contribution >= 0.6 is 0 Å². The largest absolute Gasteiger partial charge is 0.0616 e. The summed E-state index contributed by atoms with van der Waals surface area (Å²) in [7, 11) is 0. The van der Waals surface area contributed by atoms with E-state index in [1.54, 1.807) is 0 Å². The molecule has 0 heteroatoms. The molecule has 0 N–H and O–H groups in total. The second-order valence-electron chi connectivity index (χ2n) is 12.4. The average Bonchev–Trinajstić information content (AvgIpc) is 3.13. The molecule has 0 bridgehead atoms. The summed E-state index contributed by atoms with van der Waals surface area (Å²) in [4.78, 5) is 0. The van der Waals surface area contributed by atoms with E-state index in [1.807, 2.05) is 0 Å². The van der Waals surface area contributed by atoms with Crippen molar-refractivity contribution in [3.63, 3.8) is 0 Å². The van der Waals surface area contributed by atoms with E-state index in [9.17, 15) is 0 Å². The molecule has 0 saturated heterocycles. The van der Waals surface area contributed by atoms with Crippen LogP contribution in [0.4, 0.5) is 0 Å². The Hall–Kier alpha value is -5.98. The Bertz CT molecular complexity index is 2800. The van der Waals surface area contributed by atoms with Gasteiger partial charge in [-0.1, -0.05) is 158 Å². The molecule has 0 unspecified atom stereocenters. The molecule has 0 aromatic heterocycles. The van der Waals surface area contributed by atoms with Gasteiger partial charge >= 0.3 is 0 Å². The maximum absolute atomic E-state index is 2.43. The molecule has 212 valence electrons. The number of hydrogen-bond donors (Lipinski definition) is 0. The highest BCUT2D eigenvalue weighted by Crippen LogP contribution is 2.47. The van der Waals surface area contributed by atoms with Gasteiger partial charge in [0.1, 0.15) is 0 Å². The predicted molar refractivity (Wildman–Crippen MR) is 200 cm³/mol. The molecular formula is C46H28. The molecule has 10 aromatic carbocycles. The maximum Gasteiger partial charge on any atom is -0.00199 e. The van der Waals surface area contributed by atoms with Gasteiger partial charge in [0.2, 0.25) is 0 Å². The first-order valence-electron chi connectivity index (χ1n) is 16.0. The Balaban J connectivity index is 1.34. The van der Waals surface area contributed by atoms with Crippen molar-refractivity contribution in [3.8, 4) is 22.3 Å². The van der Waals surface area contributed by atoms with Crippen LogP contribution in [0.25, 0.3) is 97.7 Å². The summed E-state index contributed by atoms with van der Waals surface area (Å²) in [6.45, 7) is 0. The second-order valence-corrected chi connectivity index (χ2v) is 12.4. The van der Waals surface area contributed by atoms with Crippen LogP contribution in [0, 0.1) is 0 Å². The molecule has 0 aliphatic carbocycles. The Kier molecular flexibility index (Phi) is 5.38. The van der Waals surface area contributed by atoms with Gasteiger partial charge in [-0.2, -0.15) is 0 Å². The normalized spacial score (nSPS) is 11.9. The minimum atomic E-state index is 1.25. The van der Waals surface area contributed by atoms with Gasteiger partial charge in [0, 0.05) is 0 Å². The van der Waals surface area contributed by atoms with E-state index >= 15 is 0 Å². The highest BCUT2D eigenvalue weighted by molar-refractivity contribution is 6.28. The highest BCUT2D eigenvalue weighted by atomic mass is 14.2. The van der Waals surface area contributed by atoms with E-state index in [2.05, 4.69) is 170 Å². The Morgan fingerprint density at radius 3 is 1.33 bits per heavy atom. The zero-order valence-electron chi connectivity index (χ0n) is 25.2. The van der Waals surface area contributed by atoms with Crippen molar-refractivity contribution in [1.82, 2.24) is 0 Å². The molecule has 0 amide bonds. The molecule has 0 aliphatic heterocycles. The number of hydrogen-bond acceptors (Lipinski definition) is 0. The van der Waals surface area contributed by atoms with Gasteiger partial charge in [0.25, 0.3) is 0 Å². The summed E-state index contributed by atoms with van der Waals surface area (Å²) in [5.74, 6) is 0. The fourth-order valence-corrected chi connectivity index (χ4v) is 7.97. The fourth-order valence-electron chi connectivity index (χ4n) is 7.97. The van der Waals surface area contributed by atoms with Crippen LogP contribution in [-0.2, 0) is 0 Å². The van der Waals surface area contributed by atoms with E-state index in [0.717, 1.165) is 0 Å². The third kappa shape index (κ3) is 3.62. The van der Waals surface area contributed by atoms with Crippen molar-refractivity contribution in [3.05, 3.63) is 170 Å². The Morgan fingerprint density at radius 1 is 0.239 bits per heavy atom. The summed E-state index contributed by atoms with van der Waals surface area (Å²) < 4.78 is 0. The molecule has 0 fully saturated rings. The lowest BCUT2D eigenvalue weighted by Crippen LogP contribution is -1.92. The zero-order valence-corrected chi connectivity index (χ0v) is 25.2. The molecule has 0 nitrogen and oxygen atoms in total. The molecule has 0 atom stereocenters. The van der Waals surface area contributed by atoms with Gasteiger partial charge in [0.05, 0.1) is 0 Å². The van der Waals surface area contributed by atoms with Crippen LogP contribution in [-0.4, -0.2) is 0 Å². The number of benzene rings is 10. The van der Waals surface area contributed by atoms with Gasteiger partial charge in [-0.25, -0.2) is 0 Å². The smallest absolute Gasteiger partial charge is 0.00199 e. The fraction of sp³-hybridized carbons (Fsp3) is 0. The molecular weight excluding hydrogens is 553 g/mol. The topological polar surface area (TPSA) is 0 Å². The van der Waals surface area contributed by atoms with Crippen molar-refractivity contribution in [2.45, 2.75) is 0 Å². The molecule has 46 heavy (non-hydrogen) atoms. The van der Waals surface area contributed by atoms with Crippen LogP contribution in [0.5, 0.6) is 0 Å². The first-order valence-corrected chi connectivity index (χ1v) is 16.0. The van der Waals surface area contributed by atoms with Crippen LogP contribution in [0.15, 0.2) is 170 Å². The molecule has 10 rings (SSSR count).